The van der Waals surface area contributed by atoms with Crippen LogP contribution in [0, 0.1) is 6.92 Å². The predicted octanol–water partition coefficient (Wildman–Crippen LogP) is 3.16. The van der Waals surface area contributed by atoms with E-state index >= 15 is 0 Å². The number of carbonyl (C=O) groups is 2. The summed E-state index contributed by atoms with van der Waals surface area (Å²) >= 11 is 0. The lowest BCUT2D eigenvalue weighted by Gasteiger charge is -2.13. The van der Waals surface area contributed by atoms with Crippen LogP contribution in [0.2, 0.25) is 0 Å². The summed E-state index contributed by atoms with van der Waals surface area (Å²) in [6.07, 6.45) is 1.11. The summed E-state index contributed by atoms with van der Waals surface area (Å²) in [6, 6.07) is 8.93. The molecule has 0 spiro atoms. The predicted molar refractivity (Wildman–Crippen MR) is 75.8 cm³/mol. The molecule has 20 heavy (non-hydrogen) atoms. The van der Waals surface area contributed by atoms with Crippen LogP contribution in [0.5, 0.6) is 11.5 Å². The lowest BCUT2D eigenvalue weighted by Crippen LogP contribution is -2.07. The first-order chi connectivity index (χ1) is 9.52. The molecule has 0 radical (unpaired) electrons. The molecule has 0 aliphatic heterocycles. The molecule has 0 N–H and O–H groups in total. The highest BCUT2D eigenvalue weighted by atomic mass is 16.5. The highest BCUT2D eigenvalue weighted by molar-refractivity contribution is 5.97. The molecule has 4 heteroatoms. The van der Waals surface area contributed by atoms with Crippen LogP contribution in [0.25, 0.3) is 10.8 Å². The van der Waals surface area contributed by atoms with E-state index in [9.17, 15) is 9.59 Å². The fourth-order valence-electron chi connectivity index (χ4n) is 1.97. The normalized spacial score (nSPS) is 10.1. The van der Waals surface area contributed by atoms with Crippen molar-refractivity contribution in [3.8, 4) is 11.5 Å². The van der Waals surface area contributed by atoms with Crippen LogP contribution in [-0.2, 0) is 9.59 Å². The number of hydrogen-bond donors (Lipinski definition) is 0. The van der Waals surface area contributed by atoms with E-state index in [4.69, 9.17) is 9.47 Å². The number of ether oxygens (including phenoxy) is 2. The minimum atomic E-state index is -0.529. The number of hydrogen-bond acceptors (Lipinski definition) is 4. The van der Waals surface area contributed by atoms with Crippen LogP contribution >= 0.6 is 0 Å². The molecule has 0 saturated heterocycles. The third kappa shape index (κ3) is 2.69. The van der Waals surface area contributed by atoms with E-state index in [0.29, 0.717) is 27.8 Å². The van der Waals surface area contributed by atoms with E-state index in [-0.39, 0.29) is 0 Å². The third-order valence-electron chi connectivity index (χ3n) is 2.77. The van der Waals surface area contributed by atoms with Crippen molar-refractivity contribution in [2.24, 2.45) is 0 Å². The van der Waals surface area contributed by atoms with Gasteiger partial charge in [0.25, 0.3) is 0 Å². The molecule has 2 rings (SSSR count). The third-order valence-corrected chi connectivity index (χ3v) is 2.77. The molecule has 102 valence electrons. The largest absolute Gasteiger partial charge is 0.426 e. The Labute approximate surface area is 116 Å². The van der Waals surface area contributed by atoms with Gasteiger partial charge in [-0.1, -0.05) is 30.8 Å². The molecule has 0 aliphatic carbocycles. The molecule has 0 amide bonds. The van der Waals surface area contributed by atoms with E-state index < -0.39 is 11.9 Å². The summed E-state index contributed by atoms with van der Waals surface area (Å²) in [5, 5.41) is 1.42. The SMILES string of the molecule is C=CC(=O)Oc1c(C)cc(OC(C)=O)c2ccccc12. The number of benzene rings is 2. The first-order valence-corrected chi connectivity index (χ1v) is 6.08. The minimum Gasteiger partial charge on any atom is -0.426 e. The van der Waals surface area contributed by atoms with Crippen LogP contribution in [0.1, 0.15) is 12.5 Å². The van der Waals surface area contributed by atoms with Crippen molar-refractivity contribution in [2.75, 3.05) is 0 Å². The van der Waals surface area contributed by atoms with Gasteiger partial charge in [0.2, 0.25) is 0 Å². The minimum absolute atomic E-state index is 0.398. The van der Waals surface area contributed by atoms with Gasteiger partial charge in [-0.3, -0.25) is 4.79 Å². The van der Waals surface area contributed by atoms with Crippen LogP contribution in [-0.4, -0.2) is 11.9 Å². The zero-order chi connectivity index (χ0) is 14.7. The van der Waals surface area contributed by atoms with Crippen LogP contribution in [0.15, 0.2) is 43.0 Å². The molecule has 0 fully saturated rings. The van der Waals surface area contributed by atoms with Crippen LogP contribution < -0.4 is 9.47 Å². The maximum atomic E-state index is 11.4. The first kappa shape index (κ1) is 13.8. The molecule has 2 aromatic rings. The quantitative estimate of drug-likeness (QED) is 0.488. The second-order valence-electron chi connectivity index (χ2n) is 4.29. The van der Waals surface area contributed by atoms with Gasteiger partial charge >= 0.3 is 11.9 Å². The smallest absolute Gasteiger partial charge is 0.335 e. The Morgan fingerprint density at radius 1 is 1.15 bits per heavy atom. The average molecular weight is 270 g/mol. The Bertz CT molecular complexity index is 701. The van der Waals surface area contributed by atoms with Gasteiger partial charge in [-0.25, -0.2) is 4.79 Å². The number of rotatable bonds is 3. The van der Waals surface area contributed by atoms with Gasteiger partial charge in [0.1, 0.15) is 11.5 Å². The standard InChI is InChI=1S/C16H14O4/c1-4-15(18)20-16-10(2)9-14(19-11(3)17)12-7-5-6-8-13(12)16/h4-9H,1H2,2-3H3. The summed E-state index contributed by atoms with van der Waals surface area (Å²) in [5.74, 6) is -0.0331. The molecule has 0 aromatic heterocycles. The number of esters is 2. The van der Waals surface area contributed by atoms with Crippen molar-refractivity contribution in [2.45, 2.75) is 13.8 Å². The van der Waals surface area contributed by atoms with Gasteiger partial charge in [0.15, 0.2) is 0 Å². The summed E-state index contributed by atoms with van der Waals surface area (Å²) in [5.41, 5.74) is 0.704. The molecule has 0 unspecified atom stereocenters. The first-order valence-electron chi connectivity index (χ1n) is 6.08. The number of aryl methyl sites for hydroxylation is 1. The lowest BCUT2D eigenvalue weighted by atomic mass is 10.0. The highest BCUT2D eigenvalue weighted by Gasteiger charge is 2.14. The van der Waals surface area contributed by atoms with E-state index in [1.54, 1.807) is 25.1 Å². The Kier molecular flexibility index (Phi) is 3.84. The summed E-state index contributed by atoms with van der Waals surface area (Å²) < 4.78 is 10.5. The molecule has 0 atom stereocenters. The van der Waals surface area contributed by atoms with E-state index in [0.717, 1.165) is 6.08 Å². The highest BCUT2D eigenvalue weighted by Crippen LogP contribution is 2.36. The zero-order valence-corrected chi connectivity index (χ0v) is 11.3. The second-order valence-corrected chi connectivity index (χ2v) is 4.29. The van der Waals surface area contributed by atoms with Crippen molar-refractivity contribution in [3.05, 3.63) is 48.6 Å². The molecule has 0 aliphatic rings. The van der Waals surface area contributed by atoms with Crippen molar-refractivity contribution in [3.63, 3.8) is 0 Å². The lowest BCUT2D eigenvalue weighted by molar-refractivity contribution is -0.132. The fourth-order valence-corrected chi connectivity index (χ4v) is 1.97. The van der Waals surface area contributed by atoms with Gasteiger partial charge in [-0.2, -0.15) is 0 Å². The summed E-state index contributed by atoms with van der Waals surface area (Å²) in [6.45, 7) is 6.51. The van der Waals surface area contributed by atoms with Crippen LogP contribution in [0.3, 0.4) is 0 Å². The molecule has 0 heterocycles. The topological polar surface area (TPSA) is 52.6 Å². The van der Waals surface area contributed by atoms with Crippen LogP contribution in [0.4, 0.5) is 0 Å². The average Bonchev–Trinajstić information content (AvgIpc) is 2.42. The Morgan fingerprint density at radius 2 is 1.80 bits per heavy atom. The second kappa shape index (κ2) is 5.57. The van der Waals surface area contributed by atoms with Gasteiger partial charge in [-0.05, 0) is 18.6 Å². The van der Waals surface area contributed by atoms with E-state index in [2.05, 4.69) is 6.58 Å². The monoisotopic (exact) mass is 270 g/mol. The van der Waals surface area contributed by atoms with Gasteiger partial charge in [-0.15, -0.1) is 0 Å². The maximum absolute atomic E-state index is 11.4. The van der Waals surface area contributed by atoms with Crippen molar-refractivity contribution in [1.82, 2.24) is 0 Å². The summed E-state index contributed by atoms with van der Waals surface area (Å²) in [7, 11) is 0. The van der Waals surface area contributed by atoms with Crippen molar-refractivity contribution >= 4 is 22.7 Å². The van der Waals surface area contributed by atoms with Crippen molar-refractivity contribution in [1.29, 1.82) is 0 Å². The molecule has 0 saturated carbocycles. The number of fused-ring (bicyclic) bond motifs is 1. The molecule has 0 bridgehead atoms. The van der Waals surface area contributed by atoms with E-state index in [1.807, 2.05) is 12.1 Å². The molecule has 2 aromatic carbocycles. The molecular weight excluding hydrogens is 256 g/mol. The Hall–Kier alpha value is -2.62. The number of carbonyl (C=O) groups excluding carboxylic acids is 2. The van der Waals surface area contributed by atoms with Gasteiger partial charge in [0.05, 0.1) is 0 Å². The molecule has 4 nitrogen and oxygen atoms in total. The Balaban J connectivity index is 2.65. The summed E-state index contributed by atoms with van der Waals surface area (Å²) in [4.78, 5) is 22.6. The Morgan fingerprint density at radius 3 is 2.40 bits per heavy atom. The molecular formula is C16H14O4. The van der Waals surface area contributed by atoms with Gasteiger partial charge < -0.3 is 9.47 Å². The zero-order valence-electron chi connectivity index (χ0n) is 11.3. The van der Waals surface area contributed by atoms with Gasteiger partial charge in [0, 0.05) is 23.8 Å². The van der Waals surface area contributed by atoms with Crippen molar-refractivity contribution < 1.29 is 19.1 Å². The van der Waals surface area contributed by atoms with E-state index in [1.165, 1.54) is 6.92 Å². The fraction of sp³-hybridized carbons (Fsp3) is 0.125. The maximum Gasteiger partial charge on any atom is 0.335 e.